The van der Waals surface area contributed by atoms with Gasteiger partial charge in [-0.05, 0) is 57.7 Å². The molecule has 1 aromatic carbocycles. The van der Waals surface area contributed by atoms with Gasteiger partial charge in [0.15, 0.2) is 5.82 Å². The highest BCUT2D eigenvalue weighted by Crippen LogP contribution is 2.31. The average Bonchev–Trinajstić information content (AvgIpc) is 2.73. The lowest BCUT2D eigenvalue weighted by Gasteiger charge is -2.32. The van der Waals surface area contributed by atoms with Gasteiger partial charge in [-0.3, -0.25) is 10.1 Å². The van der Waals surface area contributed by atoms with Gasteiger partial charge in [-0.25, -0.2) is 14.8 Å². The fraction of sp³-hybridized carbons (Fsp3) is 0.478. The maximum Gasteiger partial charge on any atom is 0.416 e. The van der Waals surface area contributed by atoms with E-state index in [0.717, 1.165) is 25.0 Å². The number of benzene rings is 1. The van der Waals surface area contributed by atoms with Crippen LogP contribution in [0.25, 0.3) is 0 Å². The van der Waals surface area contributed by atoms with E-state index in [1.54, 1.807) is 27.0 Å². The Kier molecular flexibility index (Phi) is 7.63. The van der Waals surface area contributed by atoms with Crippen LogP contribution >= 0.6 is 0 Å². The Morgan fingerprint density at radius 3 is 2.38 bits per heavy atom. The number of hydrogen-bond donors (Lipinski definition) is 2. The first kappa shape index (κ1) is 25.3. The Labute approximate surface area is 195 Å². The monoisotopic (exact) mass is 479 g/mol. The molecule has 0 spiro atoms. The summed E-state index contributed by atoms with van der Waals surface area (Å²) in [6.07, 6.45) is -0.361. The van der Waals surface area contributed by atoms with Crippen molar-refractivity contribution in [2.24, 2.45) is 5.92 Å². The summed E-state index contributed by atoms with van der Waals surface area (Å²) in [5, 5.41) is 5.09. The smallest absolute Gasteiger partial charge is 0.416 e. The summed E-state index contributed by atoms with van der Waals surface area (Å²) in [5.74, 6) is 0.735. The number of aromatic nitrogens is 2. The third-order valence-corrected chi connectivity index (χ3v) is 5.15. The van der Waals surface area contributed by atoms with E-state index in [2.05, 4.69) is 20.6 Å². The van der Waals surface area contributed by atoms with E-state index >= 15 is 0 Å². The zero-order chi connectivity index (χ0) is 24.9. The molecular weight excluding hydrogens is 451 g/mol. The van der Waals surface area contributed by atoms with Crippen LogP contribution in [-0.4, -0.2) is 40.7 Å². The van der Waals surface area contributed by atoms with Gasteiger partial charge in [0.25, 0.3) is 0 Å². The number of nitrogens with one attached hydrogen (secondary N) is 2. The van der Waals surface area contributed by atoms with Crippen LogP contribution in [0, 0.1) is 5.92 Å². The number of halogens is 3. The number of carbonyl (C=O) groups excluding carboxylic acids is 2. The standard InChI is InChI=1S/C23H28F3N5O3/c1-22(2,3)34-21(33)30-18-13-28-19(14-27-18)31-9-7-15(8-10-31)11-20(32)29-17-6-4-5-16(12-17)23(24,25)26/h4-6,12-15H,7-11H2,1-3H3,(H,29,32)(H,27,30,33). The van der Waals surface area contributed by atoms with Gasteiger partial charge < -0.3 is 15.0 Å². The summed E-state index contributed by atoms with van der Waals surface area (Å²) in [6.45, 7) is 6.62. The number of rotatable bonds is 5. The van der Waals surface area contributed by atoms with E-state index in [1.807, 2.05) is 4.90 Å². The Morgan fingerprint density at radius 2 is 1.79 bits per heavy atom. The fourth-order valence-electron chi connectivity index (χ4n) is 3.57. The van der Waals surface area contributed by atoms with Crippen molar-refractivity contribution >= 4 is 29.3 Å². The molecule has 2 heterocycles. The first-order valence-corrected chi connectivity index (χ1v) is 10.9. The third-order valence-electron chi connectivity index (χ3n) is 5.15. The van der Waals surface area contributed by atoms with Crippen LogP contribution in [0.5, 0.6) is 0 Å². The molecule has 34 heavy (non-hydrogen) atoms. The molecule has 1 fully saturated rings. The maximum absolute atomic E-state index is 12.8. The molecule has 2 aromatic rings. The highest BCUT2D eigenvalue weighted by Gasteiger charge is 2.30. The number of alkyl halides is 3. The number of piperidine rings is 1. The molecule has 11 heteroatoms. The van der Waals surface area contributed by atoms with Gasteiger partial charge in [-0.2, -0.15) is 13.2 Å². The zero-order valence-electron chi connectivity index (χ0n) is 19.3. The third kappa shape index (κ3) is 7.60. The molecule has 184 valence electrons. The van der Waals surface area contributed by atoms with Crippen molar-refractivity contribution in [2.45, 2.75) is 51.8 Å². The molecule has 2 amide bonds. The van der Waals surface area contributed by atoms with E-state index in [0.29, 0.717) is 18.9 Å². The summed E-state index contributed by atoms with van der Waals surface area (Å²) in [4.78, 5) is 34.7. The summed E-state index contributed by atoms with van der Waals surface area (Å²) in [7, 11) is 0. The van der Waals surface area contributed by atoms with Gasteiger partial charge in [0.2, 0.25) is 5.91 Å². The normalized spacial score (nSPS) is 15.1. The van der Waals surface area contributed by atoms with Crippen LogP contribution in [0.2, 0.25) is 0 Å². The van der Waals surface area contributed by atoms with E-state index < -0.39 is 23.4 Å². The van der Waals surface area contributed by atoms with Crippen LogP contribution in [-0.2, 0) is 15.7 Å². The second-order valence-electron chi connectivity index (χ2n) is 9.15. The summed E-state index contributed by atoms with van der Waals surface area (Å²) < 4.78 is 43.7. The lowest BCUT2D eigenvalue weighted by Crippen LogP contribution is -2.35. The van der Waals surface area contributed by atoms with Gasteiger partial charge >= 0.3 is 12.3 Å². The Morgan fingerprint density at radius 1 is 1.09 bits per heavy atom. The number of carbonyl (C=O) groups is 2. The van der Waals surface area contributed by atoms with Crippen LogP contribution in [0.1, 0.15) is 45.6 Å². The maximum atomic E-state index is 12.8. The average molecular weight is 480 g/mol. The minimum Gasteiger partial charge on any atom is -0.444 e. The number of nitrogens with zero attached hydrogens (tertiary/aromatic N) is 3. The zero-order valence-corrected chi connectivity index (χ0v) is 19.3. The number of hydrogen-bond acceptors (Lipinski definition) is 6. The minimum atomic E-state index is -4.46. The first-order chi connectivity index (χ1) is 15.9. The second kappa shape index (κ2) is 10.3. The fourth-order valence-corrected chi connectivity index (χ4v) is 3.57. The molecule has 1 aliphatic heterocycles. The topological polar surface area (TPSA) is 96.5 Å². The molecule has 3 rings (SSSR count). The highest BCUT2D eigenvalue weighted by molar-refractivity contribution is 5.91. The van der Waals surface area contributed by atoms with Crippen molar-refractivity contribution < 1.29 is 27.5 Å². The summed E-state index contributed by atoms with van der Waals surface area (Å²) in [6, 6.07) is 4.61. The largest absolute Gasteiger partial charge is 0.444 e. The molecule has 2 N–H and O–H groups in total. The number of amides is 2. The molecule has 1 aliphatic rings. The Hall–Kier alpha value is -3.37. The quantitative estimate of drug-likeness (QED) is 0.620. The molecule has 1 aromatic heterocycles. The molecule has 0 atom stereocenters. The van der Waals surface area contributed by atoms with Crippen LogP contribution in [0.3, 0.4) is 0 Å². The molecule has 0 radical (unpaired) electrons. The predicted octanol–water partition coefficient (Wildman–Crippen LogP) is 5.09. The van der Waals surface area contributed by atoms with Crippen molar-refractivity contribution in [3.63, 3.8) is 0 Å². The molecule has 8 nitrogen and oxygen atoms in total. The second-order valence-corrected chi connectivity index (χ2v) is 9.15. The van der Waals surface area contributed by atoms with Gasteiger partial charge in [-0.15, -0.1) is 0 Å². The predicted molar refractivity (Wildman–Crippen MR) is 122 cm³/mol. The van der Waals surface area contributed by atoms with E-state index in [9.17, 15) is 22.8 Å². The molecule has 1 saturated heterocycles. The summed E-state index contributed by atoms with van der Waals surface area (Å²) >= 11 is 0. The van der Waals surface area contributed by atoms with Crippen molar-refractivity contribution in [2.75, 3.05) is 28.6 Å². The van der Waals surface area contributed by atoms with Crippen LogP contribution in [0.4, 0.5) is 35.3 Å². The number of ether oxygens (including phenoxy) is 1. The molecule has 0 bridgehead atoms. The lowest BCUT2D eigenvalue weighted by molar-refractivity contribution is -0.137. The van der Waals surface area contributed by atoms with E-state index in [4.69, 9.17) is 4.74 Å². The van der Waals surface area contributed by atoms with Crippen LogP contribution in [0.15, 0.2) is 36.7 Å². The Balaban J connectivity index is 1.46. The minimum absolute atomic E-state index is 0.114. The van der Waals surface area contributed by atoms with Crippen molar-refractivity contribution in [1.29, 1.82) is 0 Å². The molecular formula is C23H28F3N5O3. The van der Waals surface area contributed by atoms with Gasteiger partial charge in [0.1, 0.15) is 11.4 Å². The first-order valence-electron chi connectivity index (χ1n) is 10.9. The Bertz CT molecular complexity index is 998. The SMILES string of the molecule is CC(C)(C)OC(=O)Nc1cnc(N2CCC(CC(=O)Nc3cccc(C(F)(F)F)c3)CC2)cn1. The van der Waals surface area contributed by atoms with E-state index in [1.165, 1.54) is 18.3 Å². The highest BCUT2D eigenvalue weighted by atomic mass is 19.4. The molecule has 0 saturated carbocycles. The summed E-state index contributed by atoms with van der Waals surface area (Å²) in [5.41, 5.74) is -1.29. The molecule has 0 aliphatic carbocycles. The van der Waals surface area contributed by atoms with Crippen molar-refractivity contribution in [3.05, 3.63) is 42.2 Å². The van der Waals surface area contributed by atoms with Gasteiger partial charge in [0.05, 0.1) is 18.0 Å². The number of anilines is 3. The molecule has 0 unspecified atom stereocenters. The van der Waals surface area contributed by atoms with Gasteiger partial charge in [0, 0.05) is 25.2 Å². The van der Waals surface area contributed by atoms with Crippen molar-refractivity contribution in [3.8, 4) is 0 Å². The van der Waals surface area contributed by atoms with Crippen LogP contribution < -0.4 is 15.5 Å². The lowest BCUT2D eigenvalue weighted by atomic mass is 9.93. The van der Waals surface area contributed by atoms with E-state index in [-0.39, 0.29) is 29.8 Å². The van der Waals surface area contributed by atoms with Gasteiger partial charge in [-0.1, -0.05) is 6.07 Å². The van der Waals surface area contributed by atoms with Crippen molar-refractivity contribution in [1.82, 2.24) is 9.97 Å².